The SMILES string of the molecule is CC(=O)c1sc2nc(CC(=O)O)cn2c1C. The van der Waals surface area contributed by atoms with Gasteiger partial charge in [-0.1, -0.05) is 11.3 Å². The van der Waals surface area contributed by atoms with Gasteiger partial charge < -0.3 is 5.11 Å². The Kier molecular flexibility index (Phi) is 2.51. The first-order valence-corrected chi connectivity index (χ1v) is 5.51. The quantitative estimate of drug-likeness (QED) is 0.823. The number of nitrogens with zero attached hydrogens (tertiary/aromatic N) is 2. The lowest BCUT2D eigenvalue weighted by molar-refractivity contribution is -0.136. The fraction of sp³-hybridized carbons (Fsp3) is 0.300. The van der Waals surface area contributed by atoms with E-state index >= 15 is 0 Å². The van der Waals surface area contributed by atoms with Gasteiger partial charge in [-0.15, -0.1) is 0 Å². The van der Waals surface area contributed by atoms with Gasteiger partial charge in [0.2, 0.25) is 0 Å². The van der Waals surface area contributed by atoms with E-state index in [0.29, 0.717) is 15.5 Å². The number of carbonyl (C=O) groups excluding carboxylic acids is 1. The molecule has 6 heteroatoms. The van der Waals surface area contributed by atoms with Gasteiger partial charge in [-0.05, 0) is 6.92 Å². The number of aromatic nitrogens is 2. The van der Waals surface area contributed by atoms with Crippen molar-refractivity contribution in [2.75, 3.05) is 0 Å². The van der Waals surface area contributed by atoms with E-state index in [1.165, 1.54) is 18.3 Å². The summed E-state index contributed by atoms with van der Waals surface area (Å²) in [4.78, 5) is 27.3. The van der Waals surface area contributed by atoms with Crippen LogP contribution in [0.25, 0.3) is 4.96 Å². The summed E-state index contributed by atoms with van der Waals surface area (Å²) in [6.07, 6.45) is 1.57. The second-order valence-corrected chi connectivity index (χ2v) is 4.51. The molecule has 0 spiro atoms. The molecule has 0 amide bonds. The molecule has 5 nitrogen and oxygen atoms in total. The smallest absolute Gasteiger partial charge is 0.309 e. The van der Waals surface area contributed by atoms with Crippen LogP contribution in [0.1, 0.15) is 28.0 Å². The number of hydrogen-bond donors (Lipinski definition) is 1. The van der Waals surface area contributed by atoms with Gasteiger partial charge in [-0.3, -0.25) is 14.0 Å². The molecule has 0 atom stereocenters. The maximum absolute atomic E-state index is 11.3. The fourth-order valence-corrected chi connectivity index (χ4v) is 2.59. The highest BCUT2D eigenvalue weighted by Gasteiger charge is 2.15. The fourth-order valence-electron chi connectivity index (χ4n) is 1.56. The maximum atomic E-state index is 11.3. The maximum Gasteiger partial charge on any atom is 0.309 e. The Hall–Kier alpha value is -1.69. The summed E-state index contributed by atoms with van der Waals surface area (Å²) < 4.78 is 1.76. The van der Waals surface area contributed by atoms with Gasteiger partial charge in [0.25, 0.3) is 0 Å². The molecule has 0 aliphatic rings. The second kappa shape index (κ2) is 3.71. The van der Waals surface area contributed by atoms with Crippen molar-refractivity contribution in [3.8, 4) is 0 Å². The lowest BCUT2D eigenvalue weighted by Crippen LogP contribution is -2.00. The topological polar surface area (TPSA) is 71.7 Å². The number of thiazole rings is 1. The zero-order valence-electron chi connectivity index (χ0n) is 8.85. The predicted octanol–water partition coefficient (Wildman–Crippen LogP) is 1.53. The largest absolute Gasteiger partial charge is 0.481 e. The zero-order chi connectivity index (χ0) is 11.9. The molecular weight excluding hydrogens is 228 g/mol. The molecule has 2 aromatic rings. The molecule has 84 valence electrons. The summed E-state index contributed by atoms with van der Waals surface area (Å²) in [5.74, 6) is -0.900. The number of ketones is 1. The van der Waals surface area contributed by atoms with Crippen LogP contribution in [0.2, 0.25) is 0 Å². The van der Waals surface area contributed by atoms with Gasteiger partial charge in [0.05, 0.1) is 17.0 Å². The van der Waals surface area contributed by atoms with E-state index in [1.807, 2.05) is 6.92 Å². The lowest BCUT2D eigenvalue weighted by Gasteiger charge is -1.92. The molecule has 0 unspecified atom stereocenters. The van der Waals surface area contributed by atoms with Crippen molar-refractivity contribution < 1.29 is 14.7 Å². The van der Waals surface area contributed by atoms with E-state index in [1.54, 1.807) is 10.6 Å². The molecule has 0 saturated heterocycles. The molecule has 0 aliphatic carbocycles. The Morgan fingerprint density at radius 2 is 2.25 bits per heavy atom. The Morgan fingerprint density at radius 3 is 2.75 bits per heavy atom. The van der Waals surface area contributed by atoms with E-state index < -0.39 is 5.97 Å². The number of aryl methyl sites for hydroxylation is 1. The third-order valence-corrected chi connectivity index (χ3v) is 3.52. The van der Waals surface area contributed by atoms with Crippen LogP contribution >= 0.6 is 11.3 Å². The minimum Gasteiger partial charge on any atom is -0.481 e. The summed E-state index contributed by atoms with van der Waals surface area (Å²) in [5, 5.41) is 8.64. The van der Waals surface area contributed by atoms with Crippen molar-refractivity contribution in [1.82, 2.24) is 9.38 Å². The van der Waals surface area contributed by atoms with E-state index in [-0.39, 0.29) is 12.2 Å². The average Bonchev–Trinajstić information content (AvgIpc) is 2.65. The highest BCUT2D eigenvalue weighted by atomic mass is 32.1. The van der Waals surface area contributed by atoms with Crippen molar-refractivity contribution in [2.24, 2.45) is 0 Å². The van der Waals surface area contributed by atoms with Gasteiger partial charge in [0.1, 0.15) is 0 Å². The Bertz CT molecular complexity index is 582. The van der Waals surface area contributed by atoms with E-state index in [0.717, 1.165) is 5.69 Å². The predicted molar refractivity (Wildman–Crippen MR) is 59.2 cm³/mol. The molecule has 0 fully saturated rings. The van der Waals surface area contributed by atoms with E-state index in [2.05, 4.69) is 4.98 Å². The summed E-state index contributed by atoms with van der Waals surface area (Å²) >= 11 is 1.29. The van der Waals surface area contributed by atoms with Gasteiger partial charge in [0.15, 0.2) is 10.7 Å². The van der Waals surface area contributed by atoms with Gasteiger partial charge in [-0.2, -0.15) is 0 Å². The Morgan fingerprint density at radius 1 is 1.56 bits per heavy atom. The van der Waals surface area contributed by atoms with Gasteiger partial charge >= 0.3 is 5.97 Å². The molecule has 1 N–H and O–H groups in total. The first kappa shape index (κ1) is 10.8. The second-order valence-electron chi connectivity index (χ2n) is 3.53. The molecule has 2 aromatic heterocycles. The van der Waals surface area contributed by atoms with Crippen LogP contribution in [0.5, 0.6) is 0 Å². The molecule has 0 saturated carbocycles. The number of carboxylic acid groups (broad SMARTS) is 1. The highest BCUT2D eigenvalue weighted by molar-refractivity contribution is 7.19. The number of fused-ring (bicyclic) bond motifs is 1. The number of hydrogen-bond acceptors (Lipinski definition) is 4. The van der Waals surface area contributed by atoms with Crippen molar-refractivity contribution in [3.63, 3.8) is 0 Å². The molecule has 0 aliphatic heterocycles. The van der Waals surface area contributed by atoms with Crippen LogP contribution < -0.4 is 0 Å². The standard InChI is InChI=1S/C10H10N2O3S/c1-5-9(6(2)13)16-10-11-7(3-8(14)15)4-12(5)10/h4H,3H2,1-2H3,(H,14,15). The summed E-state index contributed by atoms with van der Waals surface area (Å²) in [6.45, 7) is 3.34. The third-order valence-electron chi connectivity index (χ3n) is 2.26. The number of carbonyl (C=O) groups is 2. The number of aliphatic carboxylic acids is 1. The zero-order valence-corrected chi connectivity index (χ0v) is 9.67. The third kappa shape index (κ3) is 1.71. The molecule has 0 bridgehead atoms. The van der Waals surface area contributed by atoms with E-state index in [9.17, 15) is 9.59 Å². The monoisotopic (exact) mass is 238 g/mol. The van der Waals surface area contributed by atoms with Crippen LogP contribution in [0, 0.1) is 6.92 Å². The van der Waals surface area contributed by atoms with Crippen LogP contribution in [0.4, 0.5) is 0 Å². The lowest BCUT2D eigenvalue weighted by atomic mass is 10.3. The molecule has 16 heavy (non-hydrogen) atoms. The van der Waals surface area contributed by atoms with Crippen LogP contribution in [-0.4, -0.2) is 26.2 Å². The molecule has 0 aromatic carbocycles. The number of Topliss-reactive ketones (excluding diaryl/α,β-unsaturated/α-hetero) is 1. The number of carboxylic acids is 1. The number of imidazole rings is 1. The molecule has 2 heterocycles. The first-order valence-electron chi connectivity index (χ1n) is 4.69. The van der Waals surface area contributed by atoms with Crippen molar-refractivity contribution in [2.45, 2.75) is 20.3 Å². The van der Waals surface area contributed by atoms with Crippen LogP contribution in [0.3, 0.4) is 0 Å². The van der Waals surface area contributed by atoms with Gasteiger partial charge in [-0.25, -0.2) is 4.98 Å². The first-order chi connectivity index (χ1) is 7.49. The summed E-state index contributed by atoms with van der Waals surface area (Å²) in [6, 6.07) is 0. The summed E-state index contributed by atoms with van der Waals surface area (Å²) in [7, 11) is 0. The Balaban J connectivity index is 2.50. The minimum absolute atomic E-state index is 0.00721. The van der Waals surface area contributed by atoms with E-state index in [4.69, 9.17) is 5.11 Å². The van der Waals surface area contributed by atoms with Gasteiger partial charge in [0, 0.05) is 18.8 Å². The molecular formula is C10H10N2O3S. The highest BCUT2D eigenvalue weighted by Crippen LogP contribution is 2.23. The summed E-state index contributed by atoms with van der Waals surface area (Å²) in [5.41, 5.74) is 1.33. The molecule has 2 rings (SSSR count). The normalized spacial score (nSPS) is 10.9. The Labute approximate surface area is 95.4 Å². The minimum atomic E-state index is -0.907. The average molecular weight is 238 g/mol. The van der Waals surface area contributed by atoms with Crippen LogP contribution in [-0.2, 0) is 11.2 Å². The molecule has 0 radical (unpaired) electrons. The van der Waals surface area contributed by atoms with Crippen molar-refractivity contribution >= 4 is 28.1 Å². The van der Waals surface area contributed by atoms with Crippen molar-refractivity contribution in [1.29, 1.82) is 0 Å². The van der Waals surface area contributed by atoms with Crippen molar-refractivity contribution in [3.05, 3.63) is 22.5 Å². The van der Waals surface area contributed by atoms with Crippen LogP contribution in [0.15, 0.2) is 6.20 Å². The number of rotatable bonds is 3.